The van der Waals surface area contributed by atoms with E-state index < -0.39 is 12.1 Å². The Labute approximate surface area is 198 Å². The molecule has 34 heavy (non-hydrogen) atoms. The van der Waals surface area contributed by atoms with E-state index >= 15 is 0 Å². The standard InChI is InChI=1S/C25H31F3N4O2/c1-24(2,3)30-23(33)32-14-15-34-22-16-19(6-9-21(22)32)29-18-4-7-20(8-5-18)31-12-10-17(11-13-31)25(26,27)28/h4-9,16-17,29H,10-15H2,1-3H3,(H,30,33). The summed E-state index contributed by atoms with van der Waals surface area (Å²) < 4.78 is 44.5. The number of benzene rings is 2. The van der Waals surface area contributed by atoms with Gasteiger partial charge in [0.25, 0.3) is 0 Å². The molecule has 2 amide bonds. The molecule has 1 fully saturated rings. The molecule has 1 saturated heterocycles. The molecule has 9 heteroatoms. The first-order valence-corrected chi connectivity index (χ1v) is 11.5. The van der Waals surface area contributed by atoms with E-state index in [1.54, 1.807) is 4.90 Å². The van der Waals surface area contributed by atoms with Crippen molar-refractivity contribution >= 4 is 28.8 Å². The van der Waals surface area contributed by atoms with E-state index in [0.29, 0.717) is 32.0 Å². The van der Waals surface area contributed by atoms with Crippen LogP contribution in [0.4, 0.5) is 40.7 Å². The molecule has 0 saturated carbocycles. The smallest absolute Gasteiger partial charge is 0.391 e. The molecule has 184 valence electrons. The Hall–Kier alpha value is -3.10. The first-order valence-electron chi connectivity index (χ1n) is 11.5. The Morgan fingerprint density at radius 1 is 0.971 bits per heavy atom. The minimum atomic E-state index is -4.11. The van der Waals surface area contributed by atoms with Crippen LogP contribution in [0.5, 0.6) is 5.75 Å². The second-order valence-corrected chi connectivity index (χ2v) is 9.84. The van der Waals surface area contributed by atoms with Crippen molar-refractivity contribution in [3.63, 3.8) is 0 Å². The highest BCUT2D eigenvalue weighted by Gasteiger charge is 2.41. The number of anilines is 4. The Kier molecular flexibility index (Phi) is 6.55. The van der Waals surface area contributed by atoms with E-state index in [9.17, 15) is 18.0 Å². The maximum atomic E-state index is 12.9. The molecule has 0 aromatic heterocycles. The second kappa shape index (κ2) is 9.27. The molecular weight excluding hydrogens is 445 g/mol. The monoisotopic (exact) mass is 476 g/mol. The quantitative estimate of drug-likeness (QED) is 0.578. The number of fused-ring (bicyclic) bond motifs is 1. The van der Waals surface area contributed by atoms with Crippen LogP contribution >= 0.6 is 0 Å². The van der Waals surface area contributed by atoms with Crippen LogP contribution in [0, 0.1) is 5.92 Å². The number of urea groups is 1. The molecule has 2 heterocycles. The number of carbonyl (C=O) groups excluding carboxylic acids is 1. The van der Waals surface area contributed by atoms with Crippen molar-refractivity contribution in [2.24, 2.45) is 5.92 Å². The molecule has 0 atom stereocenters. The fourth-order valence-electron chi connectivity index (χ4n) is 4.28. The van der Waals surface area contributed by atoms with Gasteiger partial charge in [0.1, 0.15) is 12.4 Å². The molecule has 2 aliphatic heterocycles. The van der Waals surface area contributed by atoms with E-state index in [2.05, 4.69) is 10.6 Å². The molecule has 0 bridgehead atoms. The van der Waals surface area contributed by atoms with Crippen LogP contribution in [0.2, 0.25) is 0 Å². The third-order valence-corrected chi connectivity index (χ3v) is 6.03. The summed E-state index contributed by atoms with van der Waals surface area (Å²) in [6.45, 7) is 7.51. The van der Waals surface area contributed by atoms with Crippen molar-refractivity contribution in [1.82, 2.24) is 5.32 Å². The van der Waals surface area contributed by atoms with Crippen molar-refractivity contribution in [2.75, 3.05) is 41.4 Å². The molecule has 4 rings (SSSR count). The number of hydrogen-bond donors (Lipinski definition) is 2. The molecule has 2 aromatic carbocycles. The van der Waals surface area contributed by atoms with Gasteiger partial charge in [-0.3, -0.25) is 4.90 Å². The van der Waals surface area contributed by atoms with Crippen LogP contribution in [0.3, 0.4) is 0 Å². The highest BCUT2D eigenvalue weighted by Crippen LogP contribution is 2.37. The van der Waals surface area contributed by atoms with E-state index in [0.717, 1.165) is 22.7 Å². The number of hydrogen-bond acceptors (Lipinski definition) is 4. The summed E-state index contributed by atoms with van der Waals surface area (Å²) in [5.74, 6) is -0.573. The number of amides is 2. The number of nitrogens with one attached hydrogen (secondary N) is 2. The molecule has 0 aliphatic carbocycles. The Morgan fingerprint density at radius 3 is 2.24 bits per heavy atom. The first-order chi connectivity index (χ1) is 16.0. The number of rotatable bonds is 3. The van der Waals surface area contributed by atoms with Gasteiger partial charge in [-0.15, -0.1) is 0 Å². The molecule has 2 aromatic rings. The number of nitrogens with zero attached hydrogens (tertiary/aromatic N) is 2. The lowest BCUT2D eigenvalue weighted by atomic mass is 9.96. The average molecular weight is 477 g/mol. The maximum absolute atomic E-state index is 12.9. The zero-order chi connectivity index (χ0) is 24.5. The molecular formula is C25H31F3N4O2. The summed E-state index contributed by atoms with van der Waals surface area (Å²) in [7, 11) is 0. The topological polar surface area (TPSA) is 56.8 Å². The molecule has 0 unspecified atom stereocenters. The Balaban J connectivity index is 1.40. The first kappa shape index (κ1) is 24.0. The zero-order valence-electron chi connectivity index (χ0n) is 19.7. The lowest BCUT2D eigenvalue weighted by Crippen LogP contribution is -2.50. The third-order valence-electron chi connectivity index (χ3n) is 6.03. The number of ether oxygens (including phenoxy) is 1. The van der Waals surface area contributed by atoms with Gasteiger partial charge in [-0.05, 0) is 70.0 Å². The molecule has 2 N–H and O–H groups in total. The Bertz CT molecular complexity index is 1010. The van der Waals surface area contributed by atoms with Crippen molar-refractivity contribution in [3.8, 4) is 5.75 Å². The fraction of sp³-hybridized carbons (Fsp3) is 0.480. The molecule has 0 radical (unpaired) electrons. The SMILES string of the molecule is CC(C)(C)NC(=O)N1CCOc2cc(Nc3ccc(N4CCC(C(F)(F)F)CC4)cc3)ccc21. The van der Waals surface area contributed by atoms with Crippen molar-refractivity contribution < 1.29 is 22.7 Å². The molecule has 2 aliphatic rings. The average Bonchev–Trinajstić information content (AvgIpc) is 2.77. The van der Waals surface area contributed by atoms with Gasteiger partial charge in [-0.2, -0.15) is 13.2 Å². The van der Waals surface area contributed by atoms with Gasteiger partial charge >= 0.3 is 12.2 Å². The van der Waals surface area contributed by atoms with Gasteiger partial charge in [-0.1, -0.05) is 0 Å². The van der Waals surface area contributed by atoms with Gasteiger partial charge in [-0.25, -0.2) is 4.79 Å². The normalized spacial score (nSPS) is 17.1. The second-order valence-electron chi connectivity index (χ2n) is 9.84. The zero-order valence-corrected chi connectivity index (χ0v) is 19.7. The maximum Gasteiger partial charge on any atom is 0.391 e. The number of piperidine rings is 1. The molecule has 6 nitrogen and oxygen atoms in total. The third kappa shape index (κ3) is 5.69. The summed E-state index contributed by atoms with van der Waals surface area (Å²) >= 11 is 0. The van der Waals surface area contributed by atoms with Gasteiger partial charge in [0.2, 0.25) is 0 Å². The number of halogens is 3. The van der Waals surface area contributed by atoms with Crippen LogP contribution in [-0.2, 0) is 0 Å². The Morgan fingerprint density at radius 2 is 1.62 bits per heavy atom. The van der Waals surface area contributed by atoms with Crippen LogP contribution in [0.25, 0.3) is 0 Å². The van der Waals surface area contributed by atoms with Crippen molar-refractivity contribution in [3.05, 3.63) is 42.5 Å². The number of carbonyl (C=O) groups is 1. The summed E-state index contributed by atoms with van der Waals surface area (Å²) in [4.78, 5) is 16.3. The predicted octanol–water partition coefficient (Wildman–Crippen LogP) is 5.92. The van der Waals surface area contributed by atoms with Gasteiger partial charge in [0.05, 0.1) is 18.2 Å². The predicted molar refractivity (Wildman–Crippen MR) is 128 cm³/mol. The van der Waals surface area contributed by atoms with Crippen molar-refractivity contribution in [1.29, 1.82) is 0 Å². The van der Waals surface area contributed by atoms with Crippen LogP contribution in [0.1, 0.15) is 33.6 Å². The molecule has 0 spiro atoms. The minimum Gasteiger partial charge on any atom is -0.489 e. The summed E-state index contributed by atoms with van der Waals surface area (Å²) in [5.41, 5.74) is 2.97. The van der Waals surface area contributed by atoms with E-state index in [1.165, 1.54) is 0 Å². The van der Waals surface area contributed by atoms with Gasteiger partial charge < -0.3 is 20.3 Å². The largest absolute Gasteiger partial charge is 0.489 e. The highest BCUT2D eigenvalue weighted by atomic mass is 19.4. The lowest BCUT2D eigenvalue weighted by Gasteiger charge is -2.34. The van der Waals surface area contributed by atoms with E-state index in [1.807, 2.05) is 68.1 Å². The summed E-state index contributed by atoms with van der Waals surface area (Å²) in [6.07, 6.45) is -3.85. The lowest BCUT2D eigenvalue weighted by molar-refractivity contribution is -0.179. The van der Waals surface area contributed by atoms with Crippen LogP contribution < -0.4 is 25.2 Å². The van der Waals surface area contributed by atoms with Crippen LogP contribution in [0.15, 0.2) is 42.5 Å². The van der Waals surface area contributed by atoms with Gasteiger partial charge in [0, 0.05) is 41.8 Å². The highest BCUT2D eigenvalue weighted by molar-refractivity contribution is 5.95. The number of alkyl halides is 3. The minimum absolute atomic E-state index is 0.128. The summed E-state index contributed by atoms with van der Waals surface area (Å²) in [6, 6.07) is 13.1. The summed E-state index contributed by atoms with van der Waals surface area (Å²) in [5, 5.41) is 6.31. The fourth-order valence-corrected chi connectivity index (χ4v) is 4.28. The van der Waals surface area contributed by atoms with Crippen LogP contribution in [-0.4, -0.2) is 44.0 Å². The van der Waals surface area contributed by atoms with E-state index in [-0.39, 0.29) is 24.4 Å². The van der Waals surface area contributed by atoms with Crippen molar-refractivity contribution in [2.45, 2.75) is 45.3 Å². The van der Waals surface area contributed by atoms with Gasteiger partial charge in [0.15, 0.2) is 0 Å². The van der Waals surface area contributed by atoms with E-state index in [4.69, 9.17) is 4.74 Å².